The molecule has 5 nitrogen and oxygen atoms in total. The summed E-state index contributed by atoms with van der Waals surface area (Å²) in [5, 5.41) is 7.62. The van der Waals surface area contributed by atoms with Crippen LogP contribution in [0.5, 0.6) is 0 Å². The molecule has 1 aromatic carbocycles. The molecule has 0 unspecified atom stereocenters. The van der Waals surface area contributed by atoms with E-state index in [1.165, 1.54) is 24.5 Å². The van der Waals surface area contributed by atoms with Crippen molar-refractivity contribution in [1.29, 1.82) is 0 Å². The first kappa shape index (κ1) is 16.6. The highest BCUT2D eigenvalue weighted by Gasteiger charge is 2.17. The molecule has 0 aromatic heterocycles. The van der Waals surface area contributed by atoms with Crippen LogP contribution in [0.3, 0.4) is 0 Å². The zero-order valence-electron chi connectivity index (χ0n) is 12.1. The number of nitrogens with one attached hydrogen (secondary N) is 1. The SMILES string of the molecule is NS(=O)(=O)c1cc(C(=O)NCCC2=CCCCC2)ccc1F. The molecule has 0 saturated carbocycles. The van der Waals surface area contributed by atoms with Gasteiger partial charge in [0.05, 0.1) is 0 Å². The highest BCUT2D eigenvalue weighted by molar-refractivity contribution is 7.89. The van der Waals surface area contributed by atoms with Crippen LogP contribution in [0.15, 0.2) is 34.7 Å². The minimum Gasteiger partial charge on any atom is -0.352 e. The molecule has 3 N–H and O–H groups in total. The van der Waals surface area contributed by atoms with Gasteiger partial charge in [0, 0.05) is 12.1 Å². The molecule has 0 saturated heterocycles. The van der Waals surface area contributed by atoms with E-state index in [9.17, 15) is 17.6 Å². The van der Waals surface area contributed by atoms with Gasteiger partial charge in [0.25, 0.3) is 5.91 Å². The molecule has 7 heteroatoms. The molecule has 1 amide bonds. The molecule has 1 aliphatic carbocycles. The number of nitrogens with two attached hydrogens (primary N) is 1. The van der Waals surface area contributed by atoms with E-state index >= 15 is 0 Å². The summed E-state index contributed by atoms with van der Waals surface area (Å²) in [6.07, 6.45) is 7.50. The van der Waals surface area contributed by atoms with Crippen molar-refractivity contribution >= 4 is 15.9 Å². The fourth-order valence-corrected chi connectivity index (χ4v) is 3.06. The minimum absolute atomic E-state index is 0.0723. The molecule has 22 heavy (non-hydrogen) atoms. The molecular weight excluding hydrogens is 307 g/mol. The lowest BCUT2D eigenvalue weighted by Gasteiger charge is -2.13. The van der Waals surface area contributed by atoms with E-state index in [1.54, 1.807) is 0 Å². The van der Waals surface area contributed by atoms with E-state index in [0.29, 0.717) is 6.54 Å². The largest absolute Gasteiger partial charge is 0.352 e. The van der Waals surface area contributed by atoms with E-state index < -0.39 is 26.6 Å². The summed E-state index contributed by atoms with van der Waals surface area (Å²) in [7, 11) is -4.19. The van der Waals surface area contributed by atoms with Crippen molar-refractivity contribution in [2.24, 2.45) is 5.14 Å². The van der Waals surface area contributed by atoms with Crippen LogP contribution >= 0.6 is 0 Å². The third-order valence-electron chi connectivity index (χ3n) is 3.62. The van der Waals surface area contributed by atoms with Gasteiger partial charge >= 0.3 is 0 Å². The molecular formula is C15H19FN2O3S. The van der Waals surface area contributed by atoms with Gasteiger partial charge in [-0.25, -0.2) is 17.9 Å². The van der Waals surface area contributed by atoms with Crippen molar-refractivity contribution in [2.45, 2.75) is 37.0 Å². The second-order valence-corrected chi connectivity index (χ2v) is 6.83. The Balaban J connectivity index is 1.99. The van der Waals surface area contributed by atoms with Gasteiger partial charge in [-0.15, -0.1) is 0 Å². The van der Waals surface area contributed by atoms with Gasteiger partial charge in [-0.3, -0.25) is 4.79 Å². The third-order valence-corrected chi connectivity index (χ3v) is 4.54. The third kappa shape index (κ3) is 4.38. The first-order valence-electron chi connectivity index (χ1n) is 7.16. The summed E-state index contributed by atoms with van der Waals surface area (Å²) in [6.45, 7) is 0.465. The van der Waals surface area contributed by atoms with Gasteiger partial charge < -0.3 is 5.32 Å². The monoisotopic (exact) mass is 326 g/mol. The van der Waals surface area contributed by atoms with E-state index in [0.717, 1.165) is 31.4 Å². The lowest BCUT2D eigenvalue weighted by atomic mass is 9.97. The maximum Gasteiger partial charge on any atom is 0.251 e. The summed E-state index contributed by atoms with van der Waals surface area (Å²) in [5.41, 5.74) is 1.40. The lowest BCUT2D eigenvalue weighted by molar-refractivity contribution is 0.0953. The van der Waals surface area contributed by atoms with Crippen molar-refractivity contribution in [3.63, 3.8) is 0 Å². The van der Waals surface area contributed by atoms with Crippen LogP contribution in [0.25, 0.3) is 0 Å². The van der Waals surface area contributed by atoms with E-state index in [-0.39, 0.29) is 5.56 Å². The summed E-state index contributed by atoms with van der Waals surface area (Å²) in [4.78, 5) is 11.3. The summed E-state index contributed by atoms with van der Waals surface area (Å²) >= 11 is 0. The molecule has 2 rings (SSSR count). The van der Waals surface area contributed by atoms with Gasteiger partial charge in [-0.05, 0) is 50.3 Å². The predicted molar refractivity (Wildman–Crippen MR) is 81.3 cm³/mol. The number of rotatable bonds is 5. The van der Waals surface area contributed by atoms with Gasteiger partial charge in [0.2, 0.25) is 10.0 Å². The normalized spacial score (nSPS) is 15.3. The van der Waals surface area contributed by atoms with Crippen LogP contribution in [0, 0.1) is 5.82 Å². The van der Waals surface area contributed by atoms with Crippen LogP contribution in [0.4, 0.5) is 4.39 Å². The Morgan fingerprint density at radius 3 is 2.73 bits per heavy atom. The molecule has 120 valence electrons. The Kier molecular flexibility index (Phi) is 5.31. The van der Waals surface area contributed by atoms with Gasteiger partial charge in [0.1, 0.15) is 10.7 Å². The number of halogens is 1. The number of hydrogen-bond acceptors (Lipinski definition) is 3. The molecule has 0 atom stereocenters. The minimum atomic E-state index is -4.19. The Morgan fingerprint density at radius 1 is 1.32 bits per heavy atom. The number of carbonyl (C=O) groups excluding carboxylic acids is 1. The second-order valence-electron chi connectivity index (χ2n) is 5.30. The molecule has 1 aromatic rings. The molecule has 0 fully saturated rings. The van der Waals surface area contributed by atoms with Crippen molar-refractivity contribution in [3.05, 3.63) is 41.2 Å². The number of benzene rings is 1. The molecule has 0 spiro atoms. The first-order valence-corrected chi connectivity index (χ1v) is 8.71. The number of amides is 1. The average molecular weight is 326 g/mol. The topological polar surface area (TPSA) is 89.3 Å². The van der Waals surface area contributed by atoms with E-state index in [1.807, 2.05) is 0 Å². The zero-order valence-corrected chi connectivity index (χ0v) is 13.0. The molecule has 0 heterocycles. The van der Waals surface area contributed by atoms with Gasteiger partial charge in [-0.1, -0.05) is 11.6 Å². The van der Waals surface area contributed by atoms with Crippen LogP contribution in [0.1, 0.15) is 42.5 Å². The highest BCUT2D eigenvalue weighted by atomic mass is 32.2. The number of sulfonamides is 1. The zero-order chi connectivity index (χ0) is 16.2. The number of primary sulfonamides is 1. The Labute approximate surface area is 129 Å². The van der Waals surface area contributed by atoms with Crippen LogP contribution in [-0.2, 0) is 10.0 Å². The Hall–Kier alpha value is -1.73. The fourth-order valence-electron chi connectivity index (χ4n) is 2.43. The van der Waals surface area contributed by atoms with Crippen molar-refractivity contribution in [2.75, 3.05) is 6.54 Å². The van der Waals surface area contributed by atoms with Gasteiger partial charge in [-0.2, -0.15) is 0 Å². The number of hydrogen-bond donors (Lipinski definition) is 2. The van der Waals surface area contributed by atoms with Crippen molar-refractivity contribution < 1.29 is 17.6 Å². The molecule has 0 bridgehead atoms. The quantitative estimate of drug-likeness (QED) is 0.812. The predicted octanol–water partition coefficient (Wildman–Crippen LogP) is 2.09. The maximum absolute atomic E-state index is 13.4. The average Bonchev–Trinajstić information content (AvgIpc) is 2.47. The standard InChI is InChI=1S/C15H19FN2O3S/c16-13-7-6-12(10-14(13)22(17,20)21)15(19)18-9-8-11-4-2-1-3-5-11/h4,6-7,10H,1-3,5,8-9H2,(H,18,19)(H2,17,20,21). The van der Waals surface area contributed by atoms with Gasteiger partial charge in [0.15, 0.2) is 0 Å². The Morgan fingerprint density at radius 2 is 2.09 bits per heavy atom. The Bertz CT molecular complexity index is 699. The van der Waals surface area contributed by atoms with E-state index in [2.05, 4.69) is 11.4 Å². The maximum atomic E-state index is 13.4. The smallest absolute Gasteiger partial charge is 0.251 e. The number of carbonyl (C=O) groups is 1. The van der Waals surface area contributed by atoms with Crippen LogP contribution in [0.2, 0.25) is 0 Å². The molecule has 0 radical (unpaired) electrons. The lowest BCUT2D eigenvalue weighted by Crippen LogP contribution is -2.25. The fraction of sp³-hybridized carbons (Fsp3) is 0.400. The molecule has 0 aliphatic heterocycles. The van der Waals surface area contributed by atoms with E-state index in [4.69, 9.17) is 5.14 Å². The summed E-state index contributed by atoms with van der Waals surface area (Å²) < 4.78 is 35.9. The summed E-state index contributed by atoms with van der Waals surface area (Å²) in [5.74, 6) is -1.41. The van der Waals surface area contributed by atoms with Crippen molar-refractivity contribution in [3.8, 4) is 0 Å². The van der Waals surface area contributed by atoms with Crippen molar-refractivity contribution in [1.82, 2.24) is 5.32 Å². The second kappa shape index (κ2) is 7.02. The van der Waals surface area contributed by atoms with Crippen LogP contribution < -0.4 is 10.5 Å². The number of allylic oxidation sites excluding steroid dienone is 1. The first-order chi connectivity index (χ1) is 10.4. The summed E-state index contributed by atoms with van der Waals surface area (Å²) in [6, 6.07) is 3.12. The van der Waals surface area contributed by atoms with Crippen LogP contribution in [-0.4, -0.2) is 20.9 Å². The molecule has 1 aliphatic rings. The highest BCUT2D eigenvalue weighted by Crippen LogP contribution is 2.19.